The predicted octanol–water partition coefficient (Wildman–Crippen LogP) is -0.326. The number of fused-ring (bicyclic) bond motifs is 3. The Morgan fingerprint density at radius 2 is 1.79 bits per heavy atom. The molecule has 0 radical (unpaired) electrons. The third-order valence-corrected chi connectivity index (χ3v) is 8.22. The molecule has 2 saturated carbocycles. The average molecular weight is 582 g/mol. The number of ketones is 5. The number of primary amides is 1. The van der Waals surface area contributed by atoms with Crippen LogP contribution in [0.4, 0.5) is 0 Å². The first-order valence-corrected chi connectivity index (χ1v) is 11.7. The molecule has 180 valence electrons. The van der Waals surface area contributed by atoms with Crippen LogP contribution in [0.25, 0.3) is 0 Å². The largest absolute Gasteiger partial charge is 0.506 e. The second kappa shape index (κ2) is 8.02. The minimum absolute atomic E-state index is 0.0607. The number of amides is 1. The molecule has 34 heavy (non-hydrogen) atoms. The topological polar surface area (TPSA) is 172 Å². The summed E-state index contributed by atoms with van der Waals surface area (Å²) in [6.45, 7) is 1.33. The van der Waals surface area contributed by atoms with E-state index < -0.39 is 64.4 Å². The number of phenolic OH excluding ortho intramolecular Hbond substituents is 1. The molecule has 0 aliphatic heterocycles. The van der Waals surface area contributed by atoms with Crippen molar-refractivity contribution in [2.24, 2.45) is 29.4 Å². The number of hydrogen-bond donors (Lipinski definition) is 3. The minimum atomic E-state index is -2.77. The maximum atomic E-state index is 13.7. The first-order valence-electron chi connectivity index (χ1n) is 10.6. The molecule has 0 heterocycles. The molecule has 2 fully saturated rings. The number of benzene rings is 1. The third-order valence-electron chi connectivity index (χ3n) is 7.39. The molecule has 2 unspecified atom stereocenters. The van der Waals surface area contributed by atoms with E-state index in [-0.39, 0.29) is 39.1 Å². The van der Waals surface area contributed by atoms with Crippen molar-refractivity contribution in [1.82, 2.24) is 4.90 Å². The van der Waals surface area contributed by atoms with Gasteiger partial charge in [-0.2, -0.15) is 0 Å². The van der Waals surface area contributed by atoms with Gasteiger partial charge in [-0.15, -0.1) is 0 Å². The van der Waals surface area contributed by atoms with E-state index in [4.69, 9.17) is 5.73 Å². The van der Waals surface area contributed by atoms with Crippen molar-refractivity contribution in [3.05, 3.63) is 26.3 Å². The van der Waals surface area contributed by atoms with Crippen LogP contribution in [0.5, 0.6) is 5.75 Å². The summed E-state index contributed by atoms with van der Waals surface area (Å²) >= 11 is 1.77. The molecule has 3 aliphatic rings. The number of carbonyl (C=O) groups is 6. The van der Waals surface area contributed by atoms with Gasteiger partial charge in [0.05, 0.1) is 21.1 Å². The second-order valence-electron chi connectivity index (χ2n) is 9.45. The monoisotopic (exact) mass is 582 g/mol. The van der Waals surface area contributed by atoms with E-state index in [9.17, 15) is 39.0 Å². The first kappa shape index (κ1) is 24.6. The van der Waals surface area contributed by atoms with E-state index in [1.807, 2.05) is 0 Å². The zero-order chi connectivity index (χ0) is 25.4. The molecule has 1 aromatic carbocycles. The molecule has 6 atom stereocenters. The van der Waals surface area contributed by atoms with Crippen LogP contribution in [0.15, 0.2) is 6.07 Å². The smallest absolute Gasteiger partial charge is 0.235 e. The van der Waals surface area contributed by atoms with Crippen molar-refractivity contribution in [3.8, 4) is 5.75 Å². The van der Waals surface area contributed by atoms with Crippen molar-refractivity contribution in [2.75, 3.05) is 14.1 Å². The summed E-state index contributed by atoms with van der Waals surface area (Å²) in [5.41, 5.74) is 2.89. The molecule has 1 aromatic rings. The van der Waals surface area contributed by atoms with Gasteiger partial charge < -0.3 is 15.9 Å². The molecular weight excluding hydrogens is 559 g/mol. The number of hydrogen-bond acceptors (Lipinski definition) is 9. The van der Waals surface area contributed by atoms with E-state index >= 15 is 0 Å². The lowest BCUT2D eigenvalue weighted by molar-refractivity contribution is -0.181. The number of halogens is 1. The molecule has 4 rings (SSSR count). The summed E-state index contributed by atoms with van der Waals surface area (Å²) in [6, 6.07) is 0.304. The van der Waals surface area contributed by atoms with E-state index in [1.54, 1.807) is 22.6 Å². The summed E-state index contributed by atoms with van der Waals surface area (Å²) in [7, 11) is 3.03. The van der Waals surface area contributed by atoms with Crippen LogP contribution in [0.2, 0.25) is 0 Å². The minimum Gasteiger partial charge on any atom is -0.506 e. The number of aromatic hydroxyl groups is 1. The van der Waals surface area contributed by atoms with E-state index in [0.29, 0.717) is 5.56 Å². The summed E-state index contributed by atoms with van der Waals surface area (Å²) in [4.78, 5) is 79.1. The number of nitrogens with two attached hydrogens (primary N) is 1. The number of Topliss-reactive ketones (excluding diaryl/α,β-unsaturated/α-hetero) is 5. The normalized spacial score (nSPS) is 32.8. The van der Waals surface area contributed by atoms with Gasteiger partial charge in [0.2, 0.25) is 5.91 Å². The molecule has 1 amide bonds. The van der Waals surface area contributed by atoms with Gasteiger partial charge in [-0.05, 0) is 74.0 Å². The Balaban J connectivity index is 1.92. The van der Waals surface area contributed by atoms with Crippen LogP contribution in [0.1, 0.15) is 39.6 Å². The number of aliphatic hydroxyl groups is 1. The molecule has 0 spiro atoms. The highest BCUT2D eigenvalue weighted by Gasteiger charge is 2.69. The van der Waals surface area contributed by atoms with Crippen LogP contribution >= 0.6 is 22.6 Å². The Hall–Kier alpha value is -2.51. The Bertz CT molecular complexity index is 1210. The van der Waals surface area contributed by atoms with Crippen LogP contribution in [0.3, 0.4) is 0 Å². The fourth-order valence-corrected chi connectivity index (χ4v) is 6.53. The number of carbonyl (C=O) groups excluding carboxylic acids is 6. The maximum Gasteiger partial charge on any atom is 0.235 e. The van der Waals surface area contributed by atoms with Crippen LogP contribution in [-0.2, 0) is 25.6 Å². The standard InChI is InChI=1S/C23H23IN2O8/c1-7(27)9-6-12(24)17(28)14-10(9)4-8-5-11-16(26(2)3)19(30)15(22(25)33)21(32)23(11,34)20(31)13(8)18(14)29/h6,8,11,13,15-16,28,34H,4-5H2,1-3H3,(H2,25,33)/t8-,11-,13?,15?,16-,23-/m1/s1. The zero-order valence-electron chi connectivity index (χ0n) is 18.6. The van der Waals surface area contributed by atoms with Gasteiger partial charge in [0, 0.05) is 11.5 Å². The lowest BCUT2D eigenvalue weighted by Crippen LogP contribution is -2.74. The highest BCUT2D eigenvalue weighted by atomic mass is 127. The van der Waals surface area contributed by atoms with Gasteiger partial charge in [0.15, 0.2) is 40.4 Å². The fourth-order valence-electron chi connectivity index (χ4n) is 5.95. The Morgan fingerprint density at radius 3 is 2.32 bits per heavy atom. The fraction of sp³-hybridized carbons (Fsp3) is 0.478. The number of phenols is 1. The van der Waals surface area contributed by atoms with Gasteiger partial charge in [-0.25, -0.2) is 0 Å². The van der Waals surface area contributed by atoms with Gasteiger partial charge in [0.25, 0.3) is 0 Å². The van der Waals surface area contributed by atoms with Crippen LogP contribution in [0, 0.1) is 27.2 Å². The molecule has 3 aliphatic carbocycles. The molecule has 0 aromatic heterocycles. The highest BCUT2D eigenvalue weighted by molar-refractivity contribution is 14.1. The number of rotatable bonds is 3. The lowest BCUT2D eigenvalue weighted by atomic mass is 9.52. The Kier molecular flexibility index (Phi) is 5.81. The molecule has 11 heteroatoms. The Labute approximate surface area is 208 Å². The molecule has 4 N–H and O–H groups in total. The third kappa shape index (κ3) is 3.13. The molecule has 0 saturated heterocycles. The number of likely N-dealkylation sites (N-methyl/N-ethyl adjacent to an activating group) is 1. The average Bonchev–Trinajstić information content (AvgIpc) is 2.72. The van der Waals surface area contributed by atoms with E-state index in [1.165, 1.54) is 32.0 Å². The molecular formula is C23H23IN2O8. The first-order chi connectivity index (χ1) is 15.7. The summed E-state index contributed by atoms with van der Waals surface area (Å²) in [5.74, 6) is -11.4. The zero-order valence-corrected chi connectivity index (χ0v) is 20.8. The van der Waals surface area contributed by atoms with Gasteiger partial charge in [0.1, 0.15) is 5.75 Å². The second-order valence-corrected chi connectivity index (χ2v) is 10.6. The van der Waals surface area contributed by atoms with Crippen molar-refractivity contribution >= 4 is 57.4 Å². The SMILES string of the molecule is CC(=O)c1cc(I)c(O)c2c1C[C@@H]1C[C@@H]3[C@@H](N(C)C)C(=O)C(C(N)=O)C(=O)[C@]3(O)C(=O)C1C2=O. The highest BCUT2D eigenvalue weighted by Crippen LogP contribution is 2.51. The summed E-state index contributed by atoms with van der Waals surface area (Å²) in [5, 5.41) is 22.1. The van der Waals surface area contributed by atoms with E-state index in [2.05, 4.69) is 0 Å². The Morgan fingerprint density at radius 1 is 1.18 bits per heavy atom. The lowest BCUT2D eigenvalue weighted by Gasteiger charge is -2.52. The summed E-state index contributed by atoms with van der Waals surface area (Å²) < 4.78 is 0.244. The maximum absolute atomic E-state index is 13.7. The van der Waals surface area contributed by atoms with Crippen molar-refractivity contribution in [1.29, 1.82) is 0 Å². The van der Waals surface area contributed by atoms with Gasteiger partial charge in [-0.3, -0.25) is 33.7 Å². The summed E-state index contributed by atoms with van der Waals surface area (Å²) in [6.07, 6.45) is -0.000775. The van der Waals surface area contributed by atoms with Crippen LogP contribution in [-0.4, -0.2) is 75.7 Å². The van der Waals surface area contributed by atoms with Crippen LogP contribution < -0.4 is 5.73 Å². The van der Waals surface area contributed by atoms with Crippen molar-refractivity contribution in [3.63, 3.8) is 0 Å². The van der Waals surface area contributed by atoms with Gasteiger partial charge >= 0.3 is 0 Å². The molecule has 10 nitrogen and oxygen atoms in total. The van der Waals surface area contributed by atoms with Gasteiger partial charge in [-0.1, -0.05) is 0 Å². The van der Waals surface area contributed by atoms with Crippen molar-refractivity contribution in [2.45, 2.75) is 31.4 Å². The number of nitrogens with zero attached hydrogens (tertiary/aromatic N) is 1. The van der Waals surface area contributed by atoms with E-state index in [0.717, 1.165) is 0 Å². The quantitative estimate of drug-likeness (QED) is 0.245. The van der Waals surface area contributed by atoms with Crippen molar-refractivity contribution < 1.29 is 39.0 Å². The molecule has 0 bridgehead atoms. The predicted molar refractivity (Wildman–Crippen MR) is 124 cm³/mol.